The standard InChI is InChI=1S/C14H21S/c1-5-6-7-12-8-13(11(2)3)10-14(9-12)15-4/h8-11H,2,5-7H2,1,3-4H3. The smallest absolute Gasteiger partial charge is 0.00747 e. The lowest BCUT2D eigenvalue weighted by molar-refractivity contribution is 0.790. The minimum Gasteiger partial charge on any atom is -0.130 e. The lowest BCUT2D eigenvalue weighted by Crippen LogP contribution is -1.93. The Morgan fingerprint density at radius 1 is 1.33 bits per heavy atom. The lowest BCUT2D eigenvalue weighted by Gasteiger charge is -2.10. The molecule has 1 unspecified atom stereocenters. The van der Waals surface area contributed by atoms with E-state index in [1.54, 1.807) is 0 Å². The SMILES string of the molecule is [CH2]C(C)c1cc(CCCC)cc(SC)c1. The molecule has 1 rings (SSSR count). The largest absolute Gasteiger partial charge is 0.130 e. The van der Waals surface area contributed by atoms with Gasteiger partial charge in [0.15, 0.2) is 0 Å². The molecule has 0 heterocycles. The van der Waals surface area contributed by atoms with E-state index in [1.165, 1.54) is 35.3 Å². The van der Waals surface area contributed by atoms with Crippen molar-refractivity contribution in [1.29, 1.82) is 0 Å². The molecule has 0 aliphatic rings. The van der Waals surface area contributed by atoms with E-state index in [1.807, 2.05) is 11.8 Å². The molecule has 1 heteroatoms. The van der Waals surface area contributed by atoms with Crippen molar-refractivity contribution in [3.05, 3.63) is 36.2 Å². The number of hydrogen-bond donors (Lipinski definition) is 0. The second-order valence-corrected chi connectivity index (χ2v) is 5.00. The number of aryl methyl sites for hydroxylation is 1. The van der Waals surface area contributed by atoms with E-state index in [-0.39, 0.29) is 0 Å². The molecule has 1 aromatic rings. The number of thioether (sulfide) groups is 1. The third-order valence-corrected chi connectivity index (χ3v) is 3.32. The second-order valence-electron chi connectivity index (χ2n) is 4.12. The number of unbranched alkanes of at least 4 members (excludes halogenated alkanes) is 1. The highest BCUT2D eigenvalue weighted by atomic mass is 32.2. The van der Waals surface area contributed by atoms with Crippen LogP contribution in [0.15, 0.2) is 23.1 Å². The summed E-state index contributed by atoms with van der Waals surface area (Å²) in [4.78, 5) is 1.37. The lowest BCUT2D eigenvalue weighted by atomic mass is 9.99. The fourth-order valence-corrected chi connectivity index (χ4v) is 2.14. The summed E-state index contributed by atoms with van der Waals surface area (Å²) in [5.41, 5.74) is 2.84. The summed E-state index contributed by atoms with van der Waals surface area (Å²) >= 11 is 1.82. The Morgan fingerprint density at radius 2 is 2.07 bits per heavy atom. The Labute approximate surface area is 98.5 Å². The molecule has 15 heavy (non-hydrogen) atoms. The van der Waals surface area contributed by atoms with Gasteiger partial charge in [-0.3, -0.25) is 0 Å². The van der Waals surface area contributed by atoms with Gasteiger partial charge in [-0.2, -0.15) is 0 Å². The van der Waals surface area contributed by atoms with Crippen molar-refractivity contribution in [2.24, 2.45) is 0 Å². The van der Waals surface area contributed by atoms with Crippen molar-refractivity contribution in [2.75, 3.05) is 6.26 Å². The Bertz CT molecular complexity index is 302. The van der Waals surface area contributed by atoms with Gasteiger partial charge < -0.3 is 0 Å². The quantitative estimate of drug-likeness (QED) is 0.650. The highest BCUT2D eigenvalue weighted by Crippen LogP contribution is 2.24. The molecule has 0 N–H and O–H groups in total. The first-order chi connectivity index (χ1) is 7.17. The van der Waals surface area contributed by atoms with Crippen molar-refractivity contribution >= 4 is 11.8 Å². The molecule has 1 radical (unpaired) electrons. The molecule has 0 bridgehead atoms. The molecule has 0 aliphatic heterocycles. The van der Waals surface area contributed by atoms with E-state index < -0.39 is 0 Å². The van der Waals surface area contributed by atoms with Crippen molar-refractivity contribution in [1.82, 2.24) is 0 Å². The molecule has 1 aromatic carbocycles. The molecule has 1 atom stereocenters. The van der Waals surface area contributed by atoms with Crippen LogP contribution in [0.4, 0.5) is 0 Å². The van der Waals surface area contributed by atoms with E-state index in [0.717, 1.165) is 0 Å². The van der Waals surface area contributed by atoms with Crippen LogP contribution >= 0.6 is 11.8 Å². The molecule has 0 amide bonds. The first kappa shape index (κ1) is 12.6. The Hall–Kier alpha value is -0.430. The zero-order chi connectivity index (χ0) is 11.3. The van der Waals surface area contributed by atoms with Crippen molar-refractivity contribution in [3.8, 4) is 0 Å². The van der Waals surface area contributed by atoms with Gasteiger partial charge in [-0.05, 0) is 55.2 Å². The van der Waals surface area contributed by atoms with Crippen LogP contribution in [0.25, 0.3) is 0 Å². The maximum Gasteiger partial charge on any atom is 0.00747 e. The molecule has 83 valence electrons. The van der Waals surface area contributed by atoms with Crippen molar-refractivity contribution in [3.63, 3.8) is 0 Å². The zero-order valence-electron chi connectivity index (χ0n) is 10.0. The summed E-state index contributed by atoms with van der Waals surface area (Å²) in [6.45, 7) is 8.49. The maximum absolute atomic E-state index is 4.10. The number of rotatable bonds is 5. The van der Waals surface area contributed by atoms with E-state index in [9.17, 15) is 0 Å². The van der Waals surface area contributed by atoms with Crippen LogP contribution in [0.3, 0.4) is 0 Å². The molecule has 0 aliphatic carbocycles. The van der Waals surface area contributed by atoms with Gasteiger partial charge >= 0.3 is 0 Å². The first-order valence-corrected chi connectivity index (χ1v) is 6.90. The highest BCUT2D eigenvalue weighted by molar-refractivity contribution is 7.98. The maximum atomic E-state index is 4.10. The van der Waals surface area contributed by atoms with E-state index in [2.05, 4.69) is 45.2 Å². The fraction of sp³-hybridized carbons (Fsp3) is 0.500. The predicted molar refractivity (Wildman–Crippen MR) is 70.6 cm³/mol. The van der Waals surface area contributed by atoms with Gasteiger partial charge in [0.25, 0.3) is 0 Å². The Morgan fingerprint density at radius 3 is 2.60 bits per heavy atom. The van der Waals surface area contributed by atoms with Crippen molar-refractivity contribution in [2.45, 2.75) is 43.9 Å². The average molecular weight is 221 g/mol. The first-order valence-electron chi connectivity index (χ1n) is 5.68. The molecule has 0 saturated heterocycles. The molecule has 0 saturated carbocycles. The zero-order valence-corrected chi connectivity index (χ0v) is 10.9. The summed E-state index contributed by atoms with van der Waals surface area (Å²) < 4.78 is 0. The summed E-state index contributed by atoms with van der Waals surface area (Å²) in [6.07, 6.45) is 5.88. The van der Waals surface area contributed by atoms with Gasteiger partial charge in [-0.15, -0.1) is 11.8 Å². The summed E-state index contributed by atoms with van der Waals surface area (Å²) in [5, 5.41) is 0. The summed E-state index contributed by atoms with van der Waals surface area (Å²) in [7, 11) is 0. The van der Waals surface area contributed by atoms with Gasteiger partial charge in [0.2, 0.25) is 0 Å². The van der Waals surface area contributed by atoms with Gasteiger partial charge in [0.1, 0.15) is 0 Å². The highest BCUT2D eigenvalue weighted by Gasteiger charge is 2.03. The molecular weight excluding hydrogens is 200 g/mol. The number of hydrogen-bond acceptors (Lipinski definition) is 1. The summed E-state index contributed by atoms with van der Waals surface area (Å²) in [6, 6.07) is 6.89. The minimum atomic E-state index is 0.387. The normalized spacial score (nSPS) is 11.0. The Kier molecular flexibility index (Phi) is 5.24. The van der Waals surface area contributed by atoms with Gasteiger partial charge in [-0.25, -0.2) is 0 Å². The van der Waals surface area contributed by atoms with Crippen LogP contribution in [0.2, 0.25) is 0 Å². The van der Waals surface area contributed by atoms with Crippen LogP contribution in [0, 0.1) is 6.92 Å². The van der Waals surface area contributed by atoms with Crippen LogP contribution in [0.1, 0.15) is 43.7 Å². The molecule has 0 nitrogen and oxygen atoms in total. The third-order valence-electron chi connectivity index (χ3n) is 2.61. The molecular formula is C14H21S. The molecule has 0 aromatic heterocycles. The van der Waals surface area contributed by atoms with Crippen molar-refractivity contribution < 1.29 is 0 Å². The fourth-order valence-electron chi connectivity index (χ4n) is 1.61. The predicted octanol–water partition coefficient (Wildman–Crippen LogP) is 4.69. The average Bonchev–Trinajstić information content (AvgIpc) is 2.25. The van der Waals surface area contributed by atoms with Crippen LogP contribution < -0.4 is 0 Å². The minimum absolute atomic E-state index is 0.387. The Balaban J connectivity index is 2.90. The third kappa shape index (κ3) is 3.90. The van der Waals surface area contributed by atoms with E-state index >= 15 is 0 Å². The van der Waals surface area contributed by atoms with Gasteiger partial charge in [-0.1, -0.05) is 26.3 Å². The molecule has 0 spiro atoms. The van der Waals surface area contributed by atoms with Gasteiger partial charge in [0, 0.05) is 4.90 Å². The number of benzene rings is 1. The topological polar surface area (TPSA) is 0 Å². The molecule has 0 fully saturated rings. The van der Waals surface area contributed by atoms with E-state index in [4.69, 9.17) is 0 Å². The monoisotopic (exact) mass is 221 g/mol. The van der Waals surface area contributed by atoms with Crippen LogP contribution in [0.5, 0.6) is 0 Å². The van der Waals surface area contributed by atoms with Crippen LogP contribution in [-0.2, 0) is 6.42 Å². The van der Waals surface area contributed by atoms with E-state index in [0.29, 0.717) is 5.92 Å². The van der Waals surface area contributed by atoms with Gasteiger partial charge in [0.05, 0.1) is 0 Å². The summed E-state index contributed by atoms with van der Waals surface area (Å²) in [5.74, 6) is 0.387. The second kappa shape index (κ2) is 6.22. The van der Waals surface area contributed by atoms with Crippen LogP contribution in [-0.4, -0.2) is 6.26 Å².